The first-order valence-electron chi connectivity index (χ1n) is 13.7. The van der Waals surface area contributed by atoms with Crippen LogP contribution >= 0.6 is 7.05 Å². The Hall–Kier alpha value is -0.876. The third-order valence-electron chi connectivity index (χ3n) is 8.89. The maximum Gasteiger partial charge on any atom is 4.00 e. The summed E-state index contributed by atoms with van der Waals surface area (Å²) in [6, 6.07) is 8.95. The molecule has 0 N–H and O–H groups in total. The fourth-order valence-electron chi connectivity index (χ4n) is 6.81. The molecule has 0 aliphatic heterocycles. The molecule has 4 rings (SSSR count). The number of benzene rings is 1. The third kappa shape index (κ3) is 6.79. The maximum absolute atomic E-state index is 12.3. The topological polar surface area (TPSA) is 22.3 Å². The van der Waals surface area contributed by atoms with Crippen molar-refractivity contribution in [1.82, 2.24) is 0 Å². The molecular formula is C36H56NPTi. The van der Waals surface area contributed by atoms with Crippen LogP contribution in [0.1, 0.15) is 80.7 Å². The maximum atomic E-state index is 12.3. The van der Waals surface area contributed by atoms with Crippen LogP contribution in [-0.2, 0) is 21.7 Å². The van der Waals surface area contributed by atoms with Gasteiger partial charge in [-0.15, -0.1) is 0 Å². The molecular weight excluding hydrogens is 525 g/mol. The summed E-state index contributed by atoms with van der Waals surface area (Å²) in [6.45, 7) is 22.8. The molecule has 0 radical (unpaired) electrons. The van der Waals surface area contributed by atoms with Gasteiger partial charge in [-0.05, 0) is 73.8 Å². The van der Waals surface area contributed by atoms with Crippen molar-refractivity contribution >= 4 is 12.4 Å². The quantitative estimate of drug-likeness (QED) is 0.192. The molecule has 0 amide bonds. The van der Waals surface area contributed by atoms with Gasteiger partial charge in [-0.25, -0.2) is 0 Å². The smallest absolute Gasteiger partial charge is 0.804 e. The average molecular weight is 582 g/mol. The minimum absolute atomic E-state index is 0. The van der Waals surface area contributed by atoms with E-state index in [4.69, 9.17) is 0 Å². The molecule has 3 aliphatic rings. The molecule has 0 bridgehead atoms. The molecule has 3 aliphatic carbocycles. The van der Waals surface area contributed by atoms with Gasteiger partial charge in [0.15, 0.2) is 0 Å². The fraction of sp³-hybridized carbons (Fsp3) is 0.528. The van der Waals surface area contributed by atoms with Crippen molar-refractivity contribution in [3.63, 3.8) is 0 Å². The van der Waals surface area contributed by atoms with E-state index >= 15 is 0 Å². The van der Waals surface area contributed by atoms with Gasteiger partial charge in [0.2, 0.25) is 0 Å². The zero-order valence-electron chi connectivity index (χ0n) is 27.2. The number of hydrogen-bond acceptors (Lipinski definition) is 0. The van der Waals surface area contributed by atoms with E-state index in [0.717, 1.165) is 0 Å². The Bertz CT molecular complexity index is 1070. The van der Waals surface area contributed by atoms with E-state index in [-0.39, 0.29) is 66.1 Å². The summed E-state index contributed by atoms with van der Waals surface area (Å²) in [4.78, 5) is 0. The van der Waals surface area contributed by atoms with Gasteiger partial charge in [-0.1, -0.05) is 130 Å². The summed E-state index contributed by atoms with van der Waals surface area (Å²) in [5.41, 5.74) is 5.04. The summed E-state index contributed by atoms with van der Waals surface area (Å²) in [7, 11) is -2.32. The van der Waals surface area contributed by atoms with Gasteiger partial charge in [-0.2, -0.15) is 7.05 Å². The largest absolute Gasteiger partial charge is 4.00 e. The van der Waals surface area contributed by atoms with Crippen LogP contribution in [0.2, 0.25) is 0 Å². The van der Waals surface area contributed by atoms with Crippen LogP contribution in [0.5, 0.6) is 0 Å². The normalized spacial score (nSPS) is 25.8. The molecule has 1 fully saturated rings. The van der Waals surface area contributed by atoms with Gasteiger partial charge in [0.05, 0.1) is 0 Å². The van der Waals surface area contributed by atoms with E-state index in [1.165, 1.54) is 22.0 Å². The van der Waals surface area contributed by atoms with E-state index in [1.807, 2.05) is 0 Å². The molecule has 1 aromatic rings. The second kappa shape index (κ2) is 13.4. The molecule has 1 aromatic carbocycles. The van der Waals surface area contributed by atoms with Crippen LogP contribution in [0.3, 0.4) is 0 Å². The monoisotopic (exact) mass is 581 g/mol. The van der Waals surface area contributed by atoms with E-state index < -0.39 is 7.05 Å². The molecule has 0 aromatic heterocycles. The molecule has 0 heterocycles. The number of rotatable bonds is 4. The van der Waals surface area contributed by atoms with Crippen LogP contribution in [0, 0.1) is 56.8 Å². The Balaban J connectivity index is 0.00000361. The van der Waals surface area contributed by atoms with Crippen LogP contribution in [0.25, 0.3) is 5.16 Å². The summed E-state index contributed by atoms with van der Waals surface area (Å²) in [5, 5.41) is 13.5. The van der Waals surface area contributed by atoms with E-state index in [9.17, 15) is 5.16 Å². The van der Waals surface area contributed by atoms with E-state index in [1.54, 1.807) is 0 Å². The van der Waals surface area contributed by atoms with E-state index in [0.29, 0.717) is 29.6 Å². The van der Waals surface area contributed by atoms with Crippen LogP contribution in [0.15, 0.2) is 71.9 Å². The second-order valence-electron chi connectivity index (χ2n) is 13.8. The molecule has 1 nitrogen and oxygen atoms in total. The average Bonchev–Trinajstić information content (AvgIpc) is 3.10. The summed E-state index contributed by atoms with van der Waals surface area (Å²) in [6.07, 6.45) is 15.0. The minimum atomic E-state index is -2.32. The van der Waals surface area contributed by atoms with Gasteiger partial charge in [0, 0.05) is 0 Å². The number of nitrogens with zero attached hydrogens (tertiary/aromatic N) is 1. The molecule has 3 heteroatoms. The first-order valence-corrected chi connectivity index (χ1v) is 15.6. The van der Waals surface area contributed by atoms with Crippen LogP contribution < -0.4 is 5.30 Å². The standard InChI is InChI=1S/C33H47NP.3CH3.Ti/c1-21(2)35(34,22(3)4)30-14-12-11-13-27(30)31-28-19-23(32(5,6)7)15-17-25(28)26-18-16-24(20-29(26)31)33(8,9)10;;;;/h11-22,25-26,28-29,31H,1-10H3;3*1H3;/q4*-1;+4. The van der Waals surface area contributed by atoms with Gasteiger partial charge in [-0.3, -0.25) is 0 Å². The van der Waals surface area contributed by atoms with Gasteiger partial charge < -0.3 is 27.4 Å². The zero-order valence-corrected chi connectivity index (χ0v) is 29.7. The Morgan fingerprint density at radius 1 is 0.667 bits per heavy atom. The van der Waals surface area contributed by atoms with Crippen molar-refractivity contribution in [2.75, 3.05) is 0 Å². The molecule has 1 saturated carbocycles. The van der Waals surface area contributed by atoms with Crippen LogP contribution in [-0.4, -0.2) is 11.3 Å². The van der Waals surface area contributed by atoms with Crippen molar-refractivity contribution in [2.24, 2.45) is 34.5 Å². The first kappa shape index (κ1) is 38.1. The van der Waals surface area contributed by atoms with Crippen molar-refractivity contribution < 1.29 is 21.7 Å². The first-order chi connectivity index (χ1) is 16.2. The van der Waals surface area contributed by atoms with Crippen molar-refractivity contribution in [3.8, 4) is 0 Å². The number of fused-ring (bicyclic) bond motifs is 3. The summed E-state index contributed by atoms with van der Waals surface area (Å²) in [5.74, 6) is 2.26. The van der Waals surface area contributed by atoms with E-state index in [2.05, 4.69) is 130 Å². The Kier molecular flexibility index (Phi) is 13.1. The fourth-order valence-corrected chi connectivity index (χ4v) is 10.1. The Morgan fingerprint density at radius 3 is 1.41 bits per heavy atom. The van der Waals surface area contributed by atoms with Crippen molar-refractivity contribution in [2.45, 2.75) is 86.5 Å². The van der Waals surface area contributed by atoms with Crippen molar-refractivity contribution in [3.05, 3.63) is 105 Å². The summed E-state index contributed by atoms with van der Waals surface area (Å²) < 4.78 is 0. The number of allylic oxidation sites excluding steroid dienone is 8. The Labute approximate surface area is 258 Å². The molecule has 214 valence electrons. The molecule has 0 saturated heterocycles. The molecule has 39 heavy (non-hydrogen) atoms. The summed E-state index contributed by atoms with van der Waals surface area (Å²) >= 11 is 0. The van der Waals surface area contributed by atoms with Crippen molar-refractivity contribution in [1.29, 1.82) is 0 Å². The molecule has 4 atom stereocenters. The molecule has 0 spiro atoms. The van der Waals surface area contributed by atoms with Crippen LogP contribution in [0.4, 0.5) is 0 Å². The Morgan fingerprint density at radius 2 is 1.05 bits per heavy atom. The van der Waals surface area contributed by atoms with Gasteiger partial charge >= 0.3 is 21.7 Å². The van der Waals surface area contributed by atoms with Gasteiger partial charge in [0.25, 0.3) is 0 Å². The minimum Gasteiger partial charge on any atom is -0.804 e. The second-order valence-corrected chi connectivity index (χ2v) is 17.8. The predicted octanol–water partition coefficient (Wildman–Crippen LogP) is 10.9. The SMILES string of the molecule is CC(C)P(=[N-])(c1ccccc1C1C2C=C(C(C)(C)C)C=CC2C2C=CC(C(C)(C)C)=CC21)C(C)C.[CH3-].[CH3-].[CH3-].[Ti+4]. The predicted molar refractivity (Wildman–Crippen MR) is 176 cm³/mol. The molecule has 4 unspecified atom stereocenters. The third-order valence-corrected chi connectivity index (χ3v) is 13.2. The zero-order chi connectivity index (χ0) is 25.9. The number of hydrogen-bond donors (Lipinski definition) is 0. The van der Waals surface area contributed by atoms with Gasteiger partial charge in [0.1, 0.15) is 0 Å².